The zero-order valence-corrected chi connectivity index (χ0v) is 13.8. The van der Waals surface area contributed by atoms with Crippen LogP contribution in [-0.2, 0) is 21.7 Å². The Labute approximate surface area is 118 Å². The van der Waals surface area contributed by atoms with Gasteiger partial charge >= 0.3 is 0 Å². The van der Waals surface area contributed by atoms with Crippen molar-refractivity contribution in [3.05, 3.63) is 22.8 Å². The van der Waals surface area contributed by atoms with Crippen LogP contribution in [-0.4, -0.2) is 0 Å². The molecule has 76 valence electrons. The Balaban J connectivity index is -0.000000333. The van der Waals surface area contributed by atoms with E-state index >= 15 is 0 Å². The topological polar surface area (TPSA) is 0 Å². The molecule has 0 aromatic rings. The third-order valence-electron chi connectivity index (χ3n) is 2.56. The van der Waals surface area contributed by atoms with E-state index in [-0.39, 0.29) is 61.1 Å². The van der Waals surface area contributed by atoms with Crippen LogP contribution in [0.25, 0.3) is 0 Å². The average molecular weight is 345 g/mol. The van der Waals surface area contributed by atoms with E-state index in [4.69, 9.17) is 0 Å². The van der Waals surface area contributed by atoms with E-state index in [2.05, 4.69) is 40.7 Å². The van der Waals surface area contributed by atoms with E-state index in [0.717, 1.165) is 0 Å². The molecule has 3 heteroatoms. The van der Waals surface area contributed by atoms with Crippen LogP contribution in [0.1, 0.15) is 34.6 Å². The van der Waals surface area contributed by atoms with Gasteiger partial charge < -0.3 is 0 Å². The standard InChI is InChI=1S/C10H15.2BrH.Ti/c1-7-6-10(4,5)9(3)8(7)2;;;/h1-5H3;2*1H;/q-1;;;. The molecule has 1 aliphatic rings. The smallest absolute Gasteiger partial charge is 0 e. The second kappa shape index (κ2) is 6.60. The number of halogens is 2. The molecule has 0 amide bonds. The fourth-order valence-corrected chi connectivity index (χ4v) is 1.41. The van der Waals surface area contributed by atoms with Crippen molar-refractivity contribution < 1.29 is 21.7 Å². The van der Waals surface area contributed by atoms with Gasteiger partial charge in [0.05, 0.1) is 0 Å². The van der Waals surface area contributed by atoms with Crippen molar-refractivity contribution in [1.82, 2.24) is 0 Å². The van der Waals surface area contributed by atoms with E-state index < -0.39 is 0 Å². The molecule has 0 radical (unpaired) electrons. The molecule has 0 bridgehead atoms. The summed E-state index contributed by atoms with van der Waals surface area (Å²) < 4.78 is 0. The van der Waals surface area contributed by atoms with Crippen LogP contribution < -0.4 is 0 Å². The Morgan fingerprint density at radius 2 is 1.38 bits per heavy atom. The van der Waals surface area contributed by atoms with Crippen molar-refractivity contribution in [1.29, 1.82) is 0 Å². The summed E-state index contributed by atoms with van der Waals surface area (Å²) in [4.78, 5) is 0. The molecule has 1 rings (SSSR count). The van der Waals surface area contributed by atoms with Gasteiger partial charge in [0.2, 0.25) is 0 Å². The predicted molar refractivity (Wildman–Crippen MR) is 65.2 cm³/mol. The number of hydrogen-bond donors (Lipinski definition) is 0. The zero-order chi connectivity index (χ0) is 7.94. The van der Waals surface area contributed by atoms with Crippen LogP contribution in [0.4, 0.5) is 0 Å². The van der Waals surface area contributed by atoms with Gasteiger partial charge in [0.25, 0.3) is 0 Å². The Morgan fingerprint density at radius 1 is 1.00 bits per heavy atom. The molecule has 0 fully saturated rings. The molecule has 0 nitrogen and oxygen atoms in total. The first-order valence-electron chi connectivity index (χ1n) is 3.75. The quantitative estimate of drug-likeness (QED) is 0.455. The van der Waals surface area contributed by atoms with E-state index in [0.29, 0.717) is 0 Å². The van der Waals surface area contributed by atoms with Gasteiger partial charge in [-0.3, -0.25) is 6.08 Å². The van der Waals surface area contributed by atoms with Crippen LogP contribution >= 0.6 is 34.0 Å². The van der Waals surface area contributed by atoms with Crippen molar-refractivity contribution in [2.75, 3.05) is 0 Å². The van der Waals surface area contributed by atoms with E-state index in [1.165, 1.54) is 16.7 Å². The molecule has 1 aliphatic carbocycles. The maximum Gasteiger partial charge on any atom is 0 e. The van der Waals surface area contributed by atoms with Crippen molar-refractivity contribution in [3.8, 4) is 0 Å². The molecular formula is C10H17Br2Ti-. The monoisotopic (exact) mass is 343 g/mol. The first-order chi connectivity index (χ1) is 4.45. The van der Waals surface area contributed by atoms with Gasteiger partial charge in [-0.1, -0.05) is 33.1 Å². The SMILES string of the molecule is Br.Br.CC1=[C-]C(C)(C)C(C)=C1C.[Ti]. The van der Waals surface area contributed by atoms with Gasteiger partial charge in [0, 0.05) is 21.7 Å². The first-order valence-corrected chi connectivity index (χ1v) is 3.75. The van der Waals surface area contributed by atoms with Crippen molar-refractivity contribution >= 4 is 34.0 Å². The second-order valence-electron chi connectivity index (χ2n) is 3.62. The van der Waals surface area contributed by atoms with Crippen molar-refractivity contribution in [2.45, 2.75) is 34.6 Å². The fourth-order valence-electron chi connectivity index (χ4n) is 1.41. The molecule has 0 unspecified atom stereocenters. The minimum Gasteiger partial charge on any atom is -0.263 e. The predicted octanol–water partition coefficient (Wildman–Crippen LogP) is 4.27. The summed E-state index contributed by atoms with van der Waals surface area (Å²) in [5, 5.41) is 0. The molecular weight excluding hydrogens is 328 g/mol. The summed E-state index contributed by atoms with van der Waals surface area (Å²) in [6.45, 7) is 10.9. The van der Waals surface area contributed by atoms with Crippen LogP contribution in [0.15, 0.2) is 16.7 Å². The van der Waals surface area contributed by atoms with Gasteiger partial charge in [0.1, 0.15) is 0 Å². The maximum atomic E-state index is 3.44. The summed E-state index contributed by atoms with van der Waals surface area (Å²) in [7, 11) is 0. The molecule has 0 aromatic heterocycles. The van der Waals surface area contributed by atoms with Crippen molar-refractivity contribution in [3.63, 3.8) is 0 Å². The van der Waals surface area contributed by atoms with Crippen LogP contribution in [0.2, 0.25) is 0 Å². The largest absolute Gasteiger partial charge is 0.263 e. The molecule has 0 spiro atoms. The second-order valence-corrected chi connectivity index (χ2v) is 3.62. The van der Waals surface area contributed by atoms with Crippen LogP contribution in [0.5, 0.6) is 0 Å². The maximum absolute atomic E-state index is 3.44. The Hall–Kier alpha value is 1.15. The van der Waals surface area contributed by atoms with Gasteiger partial charge in [-0.2, -0.15) is 11.1 Å². The van der Waals surface area contributed by atoms with Crippen molar-refractivity contribution in [2.24, 2.45) is 5.41 Å². The van der Waals surface area contributed by atoms with Gasteiger partial charge in [-0.25, -0.2) is 5.57 Å². The van der Waals surface area contributed by atoms with Gasteiger partial charge in [-0.05, 0) is 0 Å². The Bertz CT molecular complexity index is 227. The summed E-state index contributed by atoms with van der Waals surface area (Å²) in [6, 6.07) is 0. The third-order valence-corrected chi connectivity index (χ3v) is 2.56. The van der Waals surface area contributed by atoms with E-state index in [9.17, 15) is 0 Å². The van der Waals surface area contributed by atoms with Gasteiger partial charge in [0.15, 0.2) is 0 Å². The summed E-state index contributed by atoms with van der Waals surface area (Å²) >= 11 is 0. The Morgan fingerprint density at radius 3 is 1.46 bits per heavy atom. The normalized spacial score (nSPS) is 18.1. The third kappa shape index (κ3) is 4.03. The number of rotatable bonds is 0. The molecule has 0 aromatic carbocycles. The summed E-state index contributed by atoms with van der Waals surface area (Å²) in [5.74, 6) is 0. The zero-order valence-electron chi connectivity index (χ0n) is 8.82. The minimum absolute atomic E-state index is 0. The van der Waals surface area contributed by atoms with E-state index in [1.54, 1.807) is 0 Å². The minimum atomic E-state index is 0. The van der Waals surface area contributed by atoms with Crippen LogP contribution in [0.3, 0.4) is 0 Å². The number of allylic oxidation sites excluding steroid dienone is 4. The van der Waals surface area contributed by atoms with Crippen LogP contribution in [0, 0.1) is 11.5 Å². The molecule has 0 atom stereocenters. The average Bonchev–Trinajstić information content (AvgIpc) is 1.95. The summed E-state index contributed by atoms with van der Waals surface area (Å²) in [6.07, 6.45) is 3.44. The molecule has 0 saturated heterocycles. The Kier molecular flexibility index (Phi) is 10.00. The molecule has 0 heterocycles. The summed E-state index contributed by atoms with van der Waals surface area (Å²) in [5.41, 5.74) is 4.39. The fraction of sp³-hybridized carbons (Fsp3) is 0.600. The van der Waals surface area contributed by atoms with Gasteiger partial charge in [-0.15, -0.1) is 40.9 Å². The number of hydrogen-bond acceptors (Lipinski definition) is 0. The molecule has 0 saturated carbocycles. The first kappa shape index (κ1) is 19.7. The molecule has 0 N–H and O–H groups in total. The molecule has 0 aliphatic heterocycles. The van der Waals surface area contributed by atoms with E-state index in [1.807, 2.05) is 0 Å². The molecule has 13 heavy (non-hydrogen) atoms.